The van der Waals surface area contributed by atoms with E-state index in [1.807, 2.05) is 36.5 Å². The molecular formula is C18H20N4O2. The highest BCUT2D eigenvalue weighted by molar-refractivity contribution is 5.78. The maximum absolute atomic E-state index is 12.5. The van der Waals surface area contributed by atoms with E-state index in [9.17, 15) is 4.79 Å². The van der Waals surface area contributed by atoms with Gasteiger partial charge in [0.25, 0.3) is 5.91 Å². The molecule has 1 aliphatic heterocycles. The molecule has 24 heavy (non-hydrogen) atoms. The first-order valence-electron chi connectivity index (χ1n) is 8.04. The molecule has 2 heterocycles. The van der Waals surface area contributed by atoms with Crippen molar-refractivity contribution in [3.8, 4) is 11.8 Å². The van der Waals surface area contributed by atoms with Gasteiger partial charge in [0.1, 0.15) is 5.75 Å². The average Bonchev–Trinajstić information content (AvgIpc) is 3.23. The number of likely N-dealkylation sites (tertiary alicyclic amines) is 1. The minimum atomic E-state index is -0.0116. The van der Waals surface area contributed by atoms with E-state index in [0.717, 1.165) is 30.5 Å². The molecule has 0 saturated carbocycles. The summed E-state index contributed by atoms with van der Waals surface area (Å²) in [5.74, 6) is 0.629. The molecule has 1 unspecified atom stereocenters. The largest absolute Gasteiger partial charge is 0.484 e. The molecule has 1 atom stereocenters. The lowest BCUT2D eigenvalue weighted by molar-refractivity contribution is -0.134. The molecule has 0 N–H and O–H groups in total. The number of aryl methyl sites for hydroxylation is 1. The van der Waals surface area contributed by atoms with Crippen molar-refractivity contribution < 1.29 is 9.53 Å². The third-order valence-electron chi connectivity index (χ3n) is 4.25. The zero-order chi connectivity index (χ0) is 16.9. The summed E-state index contributed by atoms with van der Waals surface area (Å²) >= 11 is 0. The van der Waals surface area contributed by atoms with Crippen molar-refractivity contribution in [2.24, 2.45) is 7.05 Å². The van der Waals surface area contributed by atoms with Crippen molar-refractivity contribution in [2.45, 2.75) is 25.3 Å². The third kappa shape index (κ3) is 3.57. The van der Waals surface area contributed by atoms with Crippen LogP contribution in [0.2, 0.25) is 0 Å². The molecule has 124 valence electrons. The Balaban J connectivity index is 1.59. The average molecular weight is 324 g/mol. The molecule has 6 heteroatoms. The van der Waals surface area contributed by atoms with Crippen LogP contribution in [-0.4, -0.2) is 33.7 Å². The smallest absolute Gasteiger partial charge is 0.261 e. The summed E-state index contributed by atoms with van der Waals surface area (Å²) < 4.78 is 7.37. The number of amides is 1. The number of carbonyl (C=O) groups is 1. The SMILES string of the molecule is Cn1cc(C2CCCN2C(=O)COc2ccc(CC#N)cc2)cn1. The number of rotatable bonds is 5. The molecule has 0 aliphatic carbocycles. The van der Waals surface area contributed by atoms with Gasteiger partial charge in [-0.05, 0) is 30.5 Å². The fourth-order valence-electron chi connectivity index (χ4n) is 3.05. The van der Waals surface area contributed by atoms with Gasteiger partial charge in [0, 0.05) is 25.4 Å². The van der Waals surface area contributed by atoms with Crippen LogP contribution in [-0.2, 0) is 18.3 Å². The number of hydrogen-bond donors (Lipinski definition) is 0. The standard InChI is InChI=1S/C18H20N4O2/c1-21-12-15(11-20-21)17-3-2-10-22(17)18(23)13-24-16-6-4-14(5-7-16)8-9-19/h4-7,11-12,17H,2-3,8,10,13H2,1H3. The predicted octanol–water partition coefficient (Wildman–Crippen LogP) is 2.23. The van der Waals surface area contributed by atoms with Gasteiger partial charge in [-0.2, -0.15) is 10.4 Å². The van der Waals surface area contributed by atoms with E-state index >= 15 is 0 Å². The summed E-state index contributed by atoms with van der Waals surface area (Å²) in [6.07, 6.45) is 6.12. The Morgan fingerprint density at radius 1 is 1.42 bits per heavy atom. The Morgan fingerprint density at radius 3 is 2.88 bits per heavy atom. The second-order valence-electron chi connectivity index (χ2n) is 5.96. The van der Waals surface area contributed by atoms with E-state index in [4.69, 9.17) is 10.00 Å². The molecule has 1 fully saturated rings. The maximum Gasteiger partial charge on any atom is 0.261 e. The van der Waals surface area contributed by atoms with E-state index in [1.165, 1.54) is 0 Å². The Bertz CT molecular complexity index is 745. The molecule has 0 radical (unpaired) electrons. The Hall–Kier alpha value is -2.81. The van der Waals surface area contributed by atoms with Gasteiger partial charge in [-0.25, -0.2) is 0 Å². The summed E-state index contributed by atoms with van der Waals surface area (Å²) in [7, 11) is 1.88. The molecule has 3 rings (SSSR count). The molecule has 0 bridgehead atoms. The van der Waals surface area contributed by atoms with Crippen molar-refractivity contribution in [3.05, 3.63) is 47.8 Å². The van der Waals surface area contributed by atoms with Crippen LogP contribution < -0.4 is 4.74 Å². The van der Waals surface area contributed by atoms with E-state index in [0.29, 0.717) is 12.2 Å². The number of carbonyl (C=O) groups excluding carboxylic acids is 1. The maximum atomic E-state index is 12.5. The van der Waals surface area contributed by atoms with Gasteiger partial charge in [0.05, 0.1) is 24.7 Å². The molecule has 2 aromatic rings. The van der Waals surface area contributed by atoms with Crippen molar-refractivity contribution in [2.75, 3.05) is 13.2 Å². The molecule has 1 aliphatic rings. The van der Waals surface area contributed by atoms with Crippen molar-refractivity contribution in [1.82, 2.24) is 14.7 Å². The first-order valence-corrected chi connectivity index (χ1v) is 8.04. The number of nitriles is 1. The Morgan fingerprint density at radius 2 is 2.21 bits per heavy atom. The Labute approximate surface area is 141 Å². The molecule has 1 aromatic heterocycles. The monoisotopic (exact) mass is 324 g/mol. The Kier molecular flexibility index (Phi) is 4.80. The lowest BCUT2D eigenvalue weighted by atomic mass is 10.1. The number of benzene rings is 1. The number of ether oxygens (including phenoxy) is 1. The first kappa shape index (κ1) is 16.1. The summed E-state index contributed by atoms with van der Waals surface area (Å²) in [6.45, 7) is 0.775. The van der Waals surface area contributed by atoms with Crippen LogP contribution in [0.5, 0.6) is 5.75 Å². The second-order valence-corrected chi connectivity index (χ2v) is 5.96. The van der Waals surface area contributed by atoms with E-state index in [-0.39, 0.29) is 18.6 Å². The first-order chi connectivity index (χ1) is 11.7. The lowest BCUT2D eigenvalue weighted by Crippen LogP contribution is -2.34. The zero-order valence-electron chi connectivity index (χ0n) is 13.7. The van der Waals surface area contributed by atoms with Gasteiger partial charge in [-0.1, -0.05) is 12.1 Å². The van der Waals surface area contributed by atoms with Crippen molar-refractivity contribution in [3.63, 3.8) is 0 Å². The highest BCUT2D eigenvalue weighted by atomic mass is 16.5. The van der Waals surface area contributed by atoms with E-state index in [1.54, 1.807) is 16.8 Å². The van der Waals surface area contributed by atoms with Gasteiger partial charge in [-0.3, -0.25) is 9.48 Å². The number of hydrogen-bond acceptors (Lipinski definition) is 4. The summed E-state index contributed by atoms with van der Waals surface area (Å²) in [5.41, 5.74) is 2.01. The van der Waals surface area contributed by atoms with Crippen LogP contribution in [0, 0.1) is 11.3 Å². The zero-order valence-corrected chi connectivity index (χ0v) is 13.7. The number of aromatic nitrogens is 2. The van der Waals surface area contributed by atoms with Crippen LogP contribution in [0.4, 0.5) is 0 Å². The fraction of sp³-hybridized carbons (Fsp3) is 0.389. The molecule has 6 nitrogen and oxygen atoms in total. The summed E-state index contributed by atoms with van der Waals surface area (Å²) in [4.78, 5) is 14.4. The van der Waals surface area contributed by atoms with Gasteiger partial charge in [-0.15, -0.1) is 0 Å². The van der Waals surface area contributed by atoms with Gasteiger partial charge in [0.15, 0.2) is 6.61 Å². The third-order valence-corrected chi connectivity index (χ3v) is 4.25. The topological polar surface area (TPSA) is 71.2 Å². The number of nitrogens with zero attached hydrogens (tertiary/aromatic N) is 4. The van der Waals surface area contributed by atoms with Crippen molar-refractivity contribution >= 4 is 5.91 Å². The predicted molar refractivity (Wildman–Crippen MR) is 88.2 cm³/mol. The van der Waals surface area contributed by atoms with Crippen LogP contribution in [0.3, 0.4) is 0 Å². The van der Waals surface area contributed by atoms with E-state index in [2.05, 4.69) is 11.2 Å². The molecule has 0 spiro atoms. The highest BCUT2D eigenvalue weighted by Gasteiger charge is 2.30. The minimum absolute atomic E-state index is 0.0116. The van der Waals surface area contributed by atoms with Crippen molar-refractivity contribution in [1.29, 1.82) is 5.26 Å². The summed E-state index contributed by atoms with van der Waals surface area (Å²) in [6, 6.07) is 9.47. The molecule has 1 amide bonds. The quantitative estimate of drug-likeness (QED) is 0.845. The highest BCUT2D eigenvalue weighted by Crippen LogP contribution is 2.31. The van der Waals surface area contributed by atoms with Gasteiger partial charge in [0.2, 0.25) is 0 Å². The van der Waals surface area contributed by atoms with Crippen LogP contribution in [0.1, 0.15) is 30.0 Å². The van der Waals surface area contributed by atoms with Crippen LogP contribution >= 0.6 is 0 Å². The fourth-order valence-corrected chi connectivity index (χ4v) is 3.05. The lowest BCUT2D eigenvalue weighted by Gasteiger charge is -2.24. The molecular weight excluding hydrogens is 304 g/mol. The molecule has 1 saturated heterocycles. The second kappa shape index (κ2) is 7.18. The van der Waals surface area contributed by atoms with E-state index < -0.39 is 0 Å². The van der Waals surface area contributed by atoms with Crippen LogP contribution in [0.15, 0.2) is 36.7 Å². The molecule has 1 aromatic carbocycles. The van der Waals surface area contributed by atoms with Crippen LogP contribution in [0.25, 0.3) is 0 Å². The summed E-state index contributed by atoms with van der Waals surface area (Å²) in [5, 5.41) is 12.9. The minimum Gasteiger partial charge on any atom is -0.484 e. The van der Waals surface area contributed by atoms with Gasteiger partial charge >= 0.3 is 0 Å². The normalized spacial score (nSPS) is 16.8. The van der Waals surface area contributed by atoms with Gasteiger partial charge < -0.3 is 9.64 Å².